The van der Waals surface area contributed by atoms with Gasteiger partial charge in [0.2, 0.25) is 0 Å². The van der Waals surface area contributed by atoms with Crippen LogP contribution in [0.1, 0.15) is 56.9 Å². The molecule has 4 rings (SSSR count). The first-order valence-electron chi connectivity index (χ1n) is 10.0. The lowest BCUT2D eigenvalue weighted by molar-refractivity contribution is 0.00359. The Hall–Kier alpha value is -1.62. The Kier molecular flexibility index (Phi) is 5.16. The molecular formula is C21H29FN2O2. The zero-order chi connectivity index (χ0) is 18.1. The van der Waals surface area contributed by atoms with Crippen molar-refractivity contribution in [3.05, 3.63) is 35.6 Å². The first-order chi connectivity index (χ1) is 12.6. The highest BCUT2D eigenvalue weighted by Crippen LogP contribution is 2.36. The Labute approximate surface area is 155 Å². The van der Waals surface area contributed by atoms with E-state index in [1.807, 2.05) is 4.90 Å². The Bertz CT molecular complexity index is 615. The molecule has 2 aliphatic heterocycles. The molecule has 0 N–H and O–H groups in total. The zero-order valence-electron chi connectivity index (χ0n) is 15.6. The van der Waals surface area contributed by atoms with Crippen LogP contribution in [0.4, 0.5) is 9.18 Å². The SMILES string of the molecule is CN1[C@@H]2CC[C@H]1C[C@@H](OC(=O)N(Cc1ccc(F)cc1)C1CCCC1)C2. The minimum atomic E-state index is -0.245. The first-order valence-corrected chi connectivity index (χ1v) is 10.0. The number of rotatable bonds is 4. The van der Waals surface area contributed by atoms with Gasteiger partial charge in [-0.25, -0.2) is 9.18 Å². The third kappa shape index (κ3) is 3.73. The molecule has 1 aromatic rings. The van der Waals surface area contributed by atoms with Gasteiger partial charge in [0.25, 0.3) is 0 Å². The van der Waals surface area contributed by atoms with E-state index in [2.05, 4.69) is 11.9 Å². The molecule has 142 valence electrons. The quantitative estimate of drug-likeness (QED) is 0.801. The van der Waals surface area contributed by atoms with Gasteiger partial charge in [-0.05, 0) is 50.4 Å². The van der Waals surface area contributed by atoms with Crippen molar-refractivity contribution in [2.45, 2.75) is 82.1 Å². The normalized spacial score (nSPS) is 29.1. The smallest absolute Gasteiger partial charge is 0.410 e. The van der Waals surface area contributed by atoms with Crippen LogP contribution in [0.5, 0.6) is 0 Å². The lowest BCUT2D eigenvalue weighted by Gasteiger charge is -2.37. The molecule has 0 spiro atoms. The maximum absolute atomic E-state index is 13.2. The number of hydrogen-bond donors (Lipinski definition) is 0. The van der Waals surface area contributed by atoms with Crippen LogP contribution in [-0.2, 0) is 11.3 Å². The lowest BCUT2D eigenvalue weighted by atomic mass is 10.0. The van der Waals surface area contributed by atoms with Crippen LogP contribution < -0.4 is 0 Å². The predicted octanol–water partition coefficient (Wildman–Crippen LogP) is 4.33. The van der Waals surface area contributed by atoms with Crippen molar-refractivity contribution in [2.24, 2.45) is 0 Å². The molecule has 4 nitrogen and oxygen atoms in total. The highest BCUT2D eigenvalue weighted by molar-refractivity contribution is 5.68. The monoisotopic (exact) mass is 360 g/mol. The molecule has 26 heavy (non-hydrogen) atoms. The molecule has 3 fully saturated rings. The second-order valence-electron chi connectivity index (χ2n) is 8.22. The number of carbonyl (C=O) groups excluding carboxylic acids is 1. The van der Waals surface area contributed by atoms with Gasteiger partial charge in [0.05, 0.1) is 0 Å². The van der Waals surface area contributed by atoms with E-state index < -0.39 is 0 Å². The highest BCUT2D eigenvalue weighted by atomic mass is 19.1. The minimum Gasteiger partial charge on any atom is -0.446 e. The second kappa shape index (κ2) is 7.55. The van der Waals surface area contributed by atoms with E-state index in [-0.39, 0.29) is 24.1 Å². The molecule has 0 unspecified atom stereocenters. The van der Waals surface area contributed by atoms with Gasteiger partial charge in [-0.1, -0.05) is 25.0 Å². The van der Waals surface area contributed by atoms with E-state index >= 15 is 0 Å². The molecule has 1 aromatic carbocycles. The molecule has 3 atom stereocenters. The van der Waals surface area contributed by atoms with Gasteiger partial charge < -0.3 is 14.5 Å². The van der Waals surface area contributed by atoms with Gasteiger partial charge in [0, 0.05) is 37.5 Å². The summed E-state index contributed by atoms with van der Waals surface area (Å²) < 4.78 is 19.2. The van der Waals surface area contributed by atoms with Gasteiger partial charge in [-0.2, -0.15) is 0 Å². The average molecular weight is 360 g/mol. The molecule has 1 saturated carbocycles. The molecule has 0 radical (unpaired) electrons. The summed E-state index contributed by atoms with van der Waals surface area (Å²) in [6, 6.07) is 7.81. The number of hydrogen-bond acceptors (Lipinski definition) is 3. The fourth-order valence-electron chi connectivity index (χ4n) is 5.01. The zero-order valence-corrected chi connectivity index (χ0v) is 15.6. The molecule has 3 aliphatic rings. The molecule has 2 bridgehead atoms. The van der Waals surface area contributed by atoms with Crippen molar-refractivity contribution >= 4 is 6.09 Å². The fraction of sp³-hybridized carbons (Fsp3) is 0.667. The van der Waals surface area contributed by atoms with Gasteiger partial charge in [0.1, 0.15) is 11.9 Å². The number of ether oxygens (including phenoxy) is 1. The number of nitrogens with zero attached hydrogens (tertiary/aromatic N) is 2. The van der Waals surface area contributed by atoms with Crippen LogP contribution in [0.15, 0.2) is 24.3 Å². The van der Waals surface area contributed by atoms with Gasteiger partial charge in [-0.3, -0.25) is 0 Å². The highest BCUT2D eigenvalue weighted by Gasteiger charge is 2.40. The molecule has 2 saturated heterocycles. The number of piperidine rings is 1. The van der Waals surface area contributed by atoms with E-state index in [4.69, 9.17) is 4.74 Å². The minimum absolute atomic E-state index is 0.0355. The van der Waals surface area contributed by atoms with Crippen molar-refractivity contribution in [1.82, 2.24) is 9.80 Å². The number of carbonyl (C=O) groups is 1. The fourth-order valence-corrected chi connectivity index (χ4v) is 5.01. The Morgan fingerprint density at radius 2 is 1.73 bits per heavy atom. The summed E-state index contributed by atoms with van der Waals surface area (Å²) in [7, 11) is 2.19. The lowest BCUT2D eigenvalue weighted by Crippen LogP contribution is -2.46. The second-order valence-corrected chi connectivity index (χ2v) is 8.22. The van der Waals surface area contributed by atoms with E-state index in [0.29, 0.717) is 18.6 Å². The van der Waals surface area contributed by atoms with Gasteiger partial charge >= 0.3 is 6.09 Å². The first kappa shape index (κ1) is 17.8. The van der Waals surface area contributed by atoms with Crippen LogP contribution in [0, 0.1) is 5.82 Å². The van der Waals surface area contributed by atoms with Crippen LogP contribution in [0.3, 0.4) is 0 Å². The van der Waals surface area contributed by atoms with Crippen LogP contribution >= 0.6 is 0 Å². The van der Waals surface area contributed by atoms with Crippen molar-refractivity contribution < 1.29 is 13.9 Å². The van der Waals surface area contributed by atoms with Crippen LogP contribution in [0.25, 0.3) is 0 Å². The van der Waals surface area contributed by atoms with Crippen molar-refractivity contribution in [3.63, 3.8) is 0 Å². The molecule has 1 aliphatic carbocycles. The topological polar surface area (TPSA) is 32.8 Å². The average Bonchev–Trinajstić information content (AvgIpc) is 3.21. The van der Waals surface area contributed by atoms with E-state index in [1.165, 1.54) is 25.0 Å². The molecule has 2 heterocycles. The molecule has 0 aromatic heterocycles. The van der Waals surface area contributed by atoms with E-state index in [0.717, 1.165) is 44.1 Å². The summed E-state index contributed by atoms with van der Waals surface area (Å²) in [5.41, 5.74) is 0.957. The van der Waals surface area contributed by atoms with E-state index in [1.54, 1.807) is 12.1 Å². The summed E-state index contributed by atoms with van der Waals surface area (Å²) in [4.78, 5) is 17.3. The summed E-state index contributed by atoms with van der Waals surface area (Å²) in [6.45, 7) is 0.503. The number of amides is 1. The number of fused-ring (bicyclic) bond motifs is 2. The maximum Gasteiger partial charge on any atom is 0.410 e. The summed E-state index contributed by atoms with van der Waals surface area (Å²) in [5.74, 6) is -0.245. The number of benzene rings is 1. The van der Waals surface area contributed by atoms with Crippen molar-refractivity contribution in [1.29, 1.82) is 0 Å². The van der Waals surface area contributed by atoms with Crippen molar-refractivity contribution in [2.75, 3.05) is 7.05 Å². The third-order valence-electron chi connectivity index (χ3n) is 6.59. The van der Waals surface area contributed by atoms with Crippen LogP contribution in [-0.4, -0.2) is 47.2 Å². The van der Waals surface area contributed by atoms with Crippen molar-refractivity contribution in [3.8, 4) is 0 Å². The Morgan fingerprint density at radius 1 is 1.12 bits per heavy atom. The largest absolute Gasteiger partial charge is 0.446 e. The Balaban J connectivity index is 1.43. The summed E-state index contributed by atoms with van der Waals surface area (Å²) in [6.07, 6.45) is 8.59. The summed E-state index contributed by atoms with van der Waals surface area (Å²) in [5, 5.41) is 0. The molecular weight excluding hydrogens is 331 g/mol. The standard InChI is InChI=1S/C21H29FN2O2/c1-23-18-10-11-19(23)13-20(12-18)26-21(25)24(17-4-2-3-5-17)14-15-6-8-16(22)9-7-15/h6-9,17-20H,2-5,10-14H2,1H3/t18-,19+,20+. The van der Waals surface area contributed by atoms with Gasteiger partial charge in [0.15, 0.2) is 0 Å². The van der Waals surface area contributed by atoms with E-state index in [9.17, 15) is 9.18 Å². The summed E-state index contributed by atoms with van der Waals surface area (Å²) >= 11 is 0. The molecule has 5 heteroatoms. The maximum atomic E-state index is 13.2. The molecule has 1 amide bonds. The Morgan fingerprint density at radius 3 is 2.35 bits per heavy atom. The van der Waals surface area contributed by atoms with Gasteiger partial charge in [-0.15, -0.1) is 0 Å². The predicted molar refractivity (Wildman–Crippen MR) is 98.3 cm³/mol. The van der Waals surface area contributed by atoms with Crippen LogP contribution in [0.2, 0.25) is 0 Å². The third-order valence-corrected chi connectivity index (χ3v) is 6.59. The number of halogens is 1.